The summed E-state index contributed by atoms with van der Waals surface area (Å²) >= 11 is 0. The molecule has 0 fully saturated rings. The maximum atomic E-state index is 12.6. The number of aryl methyl sites for hydroxylation is 1. The largest absolute Gasteiger partial charge is 0.337 e. The van der Waals surface area contributed by atoms with Crippen molar-refractivity contribution >= 4 is 11.4 Å². The highest BCUT2D eigenvalue weighted by atomic mass is 16.2. The molecule has 0 N–H and O–H groups in total. The number of hydrogen-bond donors (Lipinski definition) is 0. The van der Waals surface area contributed by atoms with Crippen LogP contribution in [0.2, 0.25) is 0 Å². The van der Waals surface area contributed by atoms with Gasteiger partial charge in [0, 0.05) is 37.6 Å². The highest BCUT2D eigenvalue weighted by Gasteiger charge is 2.20. The number of fused-ring (bicyclic) bond motifs is 1. The summed E-state index contributed by atoms with van der Waals surface area (Å²) in [5.41, 5.74) is 3.55. The Labute approximate surface area is 135 Å². The van der Waals surface area contributed by atoms with Gasteiger partial charge in [0.15, 0.2) is 5.69 Å². The van der Waals surface area contributed by atoms with Crippen LogP contribution in [-0.2, 0) is 6.42 Å². The lowest BCUT2D eigenvalue weighted by Crippen LogP contribution is -2.36. The van der Waals surface area contributed by atoms with Crippen LogP contribution in [0.15, 0.2) is 48.8 Å². The molecule has 0 saturated carbocycles. The van der Waals surface area contributed by atoms with Crippen molar-refractivity contribution < 1.29 is 4.79 Å². The van der Waals surface area contributed by atoms with E-state index in [4.69, 9.17) is 0 Å². The van der Waals surface area contributed by atoms with Gasteiger partial charge < -0.3 is 4.90 Å². The summed E-state index contributed by atoms with van der Waals surface area (Å²) in [4.78, 5) is 18.7. The number of aromatic nitrogens is 3. The molecule has 0 aliphatic rings. The van der Waals surface area contributed by atoms with Gasteiger partial charge in [0.1, 0.15) is 0 Å². The first-order valence-corrected chi connectivity index (χ1v) is 7.67. The zero-order valence-corrected chi connectivity index (χ0v) is 13.6. The van der Waals surface area contributed by atoms with Crippen LogP contribution < -0.4 is 0 Å². The average molecular weight is 308 g/mol. The number of likely N-dealkylation sites (N-methyl/N-ethyl adjacent to an activating group) is 1. The molecule has 0 aliphatic carbocycles. The standard InChI is InChI=1S/C18H20N4O/c1-13-7-8-19-15(10-13)11-14(2)21(3)18(23)17-12-16-6-4-5-9-22(16)20-17/h4-10,12,14H,11H2,1-3H3/t14-/m1/s1. The van der Waals surface area contributed by atoms with Gasteiger partial charge in [-0.15, -0.1) is 0 Å². The molecule has 3 aromatic rings. The van der Waals surface area contributed by atoms with Crippen molar-refractivity contribution in [2.45, 2.75) is 26.3 Å². The van der Waals surface area contributed by atoms with Crippen molar-refractivity contribution in [2.75, 3.05) is 7.05 Å². The van der Waals surface area contributed by atoms with E-state index >= 15 is 0 Å². The Bertz CT molecular complexity index is 807. The summed E-state index contributed by atoms with van der Waals surface area (Å²) in [6.45, 7) is 4.07. The van der Waals surface area contributed by atoms with Crippen LogP contribution in [0.5, 0.6) is 0 Å². The van der Waals surface area contributed by atoms with Crippen LogP contribution in [0, 0.1) is 6.92 Å². The third-order valence-electron chi connectivity index (χ3n) is 4.05. The van der Waals surface area contributed by atoms with E-state index in [9.17, 15) is 4.79 Å². The molecule has 0 radical (unpaired) electrons. The van der Waals surface area contributed by atoms with Crippen LogP contribution >= 0.6 is 0 Å². The van der Waals surface area contributed by atoms with E-state index in [0.29, 0.717) is 5.69 Å². The first-order chi connectivity index (χ1) is 11.0. The van der Waals surface area contributed by atoms with Crippen molar-refractivity contribution in [2.24, 2.45) is 0 Å². The second-order valence-electron chi connectivity index (χ2n) is 5.89. The number of hydrogen-bond acceptors (Lipinski definition) is 3. The van der Waals surface area contributed by atoms with Crippen LogP contribution in [0.4, 0.5) is 0 Å². The summed E-state index contributed by atoms with van der Waals surface area (Å²) in [6, 6.07) is 11.6. The van der Waals surface area contributed by atoms with E-state index in [1.807, 2.05) is 57.4 Å². The molecule has 1 amide bonds. The molecule has 0 saturated heterocycles. The second-order valence-corrected chi connectivity index (χ2v) is 5.89. The van der Waals surface area contributed by atoms with E-state index in [1.165, 1.54) is 5.56 Å². The number of carbonyl (C=O) groups is 1. The molecule has 0 aromatic carbocycles. The molecular weight excluding hydrogens is 288 g/mol. The molecule has 3 heterocycles. The van der Waals surface area contributed by atoms with Crippen molar-refractivity contribution in [1.29, 1.82) is 0 Å². The quantitative estimate of drug-likeness (QED) is 0.744. The third-order valence-corrected chi connectivity index (χ3v) is 4.05. The Balaban J connectivity index is 1.75. The number of pyridine rings is 2. The van der Waals surface area contributed by atoms with Gasteiger partial charge in [-0.2, -0.15) is 5.10 Å². The maximum Gasteiger partial charge on any atom is 0.274 e. The molecule has 0 spiro atoms. The Hall–Kier alpha value is -2.69. The number of rotatable bonds is 4. The monoisotopic (exact) mass is 308 g/mol. The molecule has 5 nitrogen and oxygen atoms in total. The maximum absolute atomic E-state index is 12.6. The SMILES string of the molecule is Cc1ccnc(C[C@@H](C)N(C)C(=O)c2cc3ccccn3n2)c1. The summed E-state index contributed by atoms with van der Waals surface area (Å²) < 4.78 is 1.72. The van der Waals surface area contributed by atoms with Gasteiger partial charge in [-0.3, -0.25) is 9.78 Å². The fourth-order valence-electron chi connectivity index (χ4n) is 2.57. The topological polar surface area (TPSA) is 50.5 Å². The first kappa shape index (κ1) is 15.2. The Morgan fingerprint density at radius 1 is 1.30 bits per heavy atom. The smallest absolute Gasteiger partial charge is 0.274 e. The normalized spacial score (nSPS) is 12.3. The van der Waals surface area contributed by atoms with Gasteiger partial charge in [0.05, 0.1) is 5.52 Å². The van der Waals surface area contributed by atoms with Gasteiger partial charge in [-0.05, 0) is 49.7 Å². The van der Waals surface area contributed by atoms with E-state index in [0.717, 1.165) is 17.6 Å². The zero-order valence-electron chi connectivity index (χ0n) is 13.6. The van der Waals surface area contributed by atoms with Crippen molar-refractivity contribution in [3.8, 4) is 0 Å². The summed E-state index contributed by atoms with van der Waals surface area (Å²) in [5.74, 6) is -0.0751. The van der Waals surface area contributed by atoms with Gasteiger partial charge >= 0.3 is 0 Å². The fraction of sp³-hybridized carbons (Fsp3) is 0.278. The highest BCUT2D eigenvalue weighted by molar-refractivity contribution is 5.93. The Kier molecular flexibility index (Phi) is 4.10. The lowest BCUT2D eigenvalue weighted by atomic mass is 10.1. The highest BCUT2D eigenvalue weighted by Crippen LogP contribution is 2.12. The average Bonchev–Trinajstić information content (AvgIpc) is 2.97. The summed E-state index contributed by atoms with van der Waals surface area (Å²) in [5, 5.41) is 4.35. The molecule has 0 bridgehead atoms. The molecule has 0 aliphatic heterocycles. The van der Waals surface area contributed by atoms with Crippen LogP contribution in [0.3, 0.4) is 0 Å². The predicted molar refractivity (Wildman–Crippen MR) is 89.4 cm³/mol. The van der Waals surface area contributed by atoms with Crippen LogP contribution in [0.25, 0.3) is 5.52 Å². The van der Waals surface area contributed by atoms with Crippen molar-refractivity contribution in [1.82, 2.24) is 19.5 Å². The molecule has 0 unspecified atom stereocenters. The van der Waals surface area contributed by atoms with Gasteiger partial charge in [0.2, 0.25) is 0 Å². The number of nitrogens with zero attached hydrogens (tertiary/aromatic N) is 4. The molecule has 1 atom stereocenters. The second kappa shape index (κ2) is 6.20. The van der Waals surface area contributed by atoms with E-state index in [2.05, 4.69) is 16.1 Å². The molecule has 3 aromatic heterocycles. The summed E-state index contributed by atoms with van der Waals surface area (Å²) in [7, 11) is 1.81. The van der Waals surface area contributed by atoms with E-state index in [1.54, 1.807) is 15.6 Å². The fourth-order valence-corrected chi connectivity index (χ4v) is 2.57. The molecule has 23 heavy (non-hydrogen) atoms. The zero-order chi connectivity index (χ0) is 16.4. The lowest BCUT2D eigenvalue weighted by Gasteiger charge is -2.24. The van der Waals surface area contributed by atoms with E-state index in [-0.39, 0.29) is 11.9 Å². The molecular formula is C18H20N4O. The molecule has 118 valence electrons. The van der Waals surface area contributed by atoms with Gasteiger partial charge in [0.25, 0.3) is 5.91 Å². The Morgan fingerprint density at radius 2 is 2.13 bits per heavy atom. The Morgan fingerprint density at radius 3 is 2.87 bits per heavy atom. The first-order valence-electron chi connectivity index (χ1n) is 7.67. The van der Waals surface area contributed by atoms with Gasteiger partial charge in [-0.25, -0.2) is 4.52 Å². The lowest BCUT2D eigenvalue weighted by molar-refractivity contribution is 0.0736. The minimum absolute atomic E-state index is 0.0432. The third kappa shape index (κ3) is 3.23. The van der Waals surface area contributed by atoms with Crippen molar-refractivity contribution in [3.05, 3.63) is 65.7 Å². The van der Waals surface area contributed by atoms with Gasteiger partial charge in [-0.1, -0.05) is 6.07 Å². The van der Waals surface area contributed by atoms with Crippen molar-refractivity contribution in [3.63, 3.8) is 0 Å². The molecule has 5 heteroatoms. The predicted octanol–water partition coefficient (Wildman–Crippen LogP) is 2.74. The van der Waals surface area contributed by atoms with E-state index < -0.39 is 0 Å². The summed E-state index contributed by atoms with van der Waals surface area (Å²) in [6.07, 6.45) is 4.37. The van der Waals surface area contributed by atoms with Crippen LogP contribution in [-0.4, -0.2) is 38.5 Å². The minimum Gasteiger partial charge on any atom is -0.337 e. The van der Waals surface area contributed by atoms with Crippen LogP contribution in [0.1, 0.15) is 28.7 Å². The minimum atomic E-state index is -0.0751. The molecule has 3 rings (SSSR count). The number of carbonyl (C=O) groups excluding carboxylic acids is 1. The number of amides is 1.